The van der Waals surface area contributed by atoms with E-state index in [9.17, 15) is 4.39 Å². The fraction of sp³-hybridized carbons (Fsp3) is 0.538. The lowest BCUT2D eigenvalue weighted by atomic mass is 9.97. The molecule has 1 aromatic rings. The number of hydrogen-bond donors (Lipinski definition) is 0. The Morgan fingerprint density at radius 3 is 2.56 bits per heavy atom. The van der Waals surface area contributed by atoms with Gasteiger partial charge < -0.3 is 4.74 Å². The van der Waals surface area contributed by atoms with Gasteiger partial charge in [0.2, 0.25) is 0 Å². The first-order chi connectivity index (χ1) is 7.52. The molecule has 0 saturated carbocycles. The molecule has 0 bridgehead atoms. The fourth-order valence-electron chi connectivity index (χ4n) is 1.88. The molecule has 0 aliphatic carbocycles. The zero-order valence-corrected chi connectivity index (χ0v) is 11.6. The molecule has 16 heavy (non-hydrogen) atoms. The van der Waals surface area contributed by atoms with E-state index in [4.69, 9.17) is 4.74 Å². The number of ether oxygens (including phenoxy) is 1. The summed E-state index contributed by atoms with van der Waals surface area (Å²) in [4.78, 5) is 0.505. The lowest BCUT2D eigenvalue weighted by molar-refractivity contribution is 0.385. The summed E-state index contributed by atoms with van der Waals surface area (Å²) in [5.41, 5.74) is 1.03. The number of rotatable bonds is 5. The summed E-state index contributed by atoms with van der Waals surface area (Å²) in [5.74, 6) is 0.575. The third-order valence-corrected chi connectivity index (χ3v) is 2.90. The molecule has 0 fully saturated rings. The van der Waals surface area contributed by atoms with Crippen LogP contribution in [-0.4, -0.2) is 11.9 Å². The Morgan fingerprint density at radius 2 is 2.06 bits per heavy atom. The summed E-state index contributed by atoms with van der Waals surface area (Å²) in [7, 11) is 1.48. The molecule has 0 aliphatic heterocycles. The van der Waals surface area contributed by atoms with Gasteiger partial charge in [0.25, 0.3) is 0 Å². The average molecular weight is 289 g/mol. The summed E-state index contributed by atoms with van der Waals surface area (Å²) < 4.78 is 18.3. The Labute approximate surface area is 105 Å². The predicted octanol–water partition coefficient (Wildman–Crippen LogP) is 4.19. The van der Waals surface area contributed by atoms with E-state index in [1.807, 2.05) is 6.07 Å². The minimum Gasteiger partial charge on any atom is -0.494 e. The van der Waals surface area contributed by atoms with Crippen molar-refractivity contribution >= 4 is 15.9 Å². The summed E-state index contributed by atoms with van der Waals surface area (Å²) in [5, 5.41) is 0. The fourth-order valence-corrected chi connectivity index (χ4v) is 2.52. The van der Waals surface area contributed by atoms with Crippen molar-refractivity contribution in [3.63, 3.8) is 0 Å². The van der Waals surface area contributed by atoms with Crippen LogP contribution in [0.15, 0.2) is 18.2 Å². The normalized spacial score (nSPS) is 14.6. The van der Waals surface area contributed by atoms with Crippen molar-refractivity contribution in [2.45, 2.75) is 31.5 Å². The summed E-state index contributed by atoms with van der Waals surface area (Å²) in [6, 6.07) is 5.18. The van der Waals surface area contributed by atoms with Crippen molar-refractivity contribution in [2.75, 3.05) is 7.11 Å². The molecule has 3 heteroatoms. The van der Waals surface area contributed by atoms with Gasteiger partial charge in [0.1, 0.15) is 0 Å². The van der Waals surface area contributed by atoms with Crippen LogP contribution in [0, 0.1) is 11.7 Å². The van der Waals surface area contributed by atoms with E-state index in [0.717, 1.165) is 18.4 Å². The van der Waals surface area contributed by atoms with Crippen molar-refractivity contribution in [3.05, 3.63) is 29.6 Å². The van der Waals surface area contributed by atoms with Gasteiger partial charge in [-0.2, -0.15) is 0 Å². The molecule has 0 aromatic heterocycles. The maximum atomic E-state index is 13.4. The Bertz CT molecular complexity index is 339. The Morgan fingerprint density at radius 1 is 1.38 bits per heavy atom. The first-order valence-corrected chi connectivity index (χ1v) is 6.41. The molecule has 0 N–H and O–H groups in total. The quantitative estimate of drug-likeness (QED) is 0.739. The van der Waals surface area contributed by atoms with Crippen molar-refractivity contribution in [1.29, 1.82) is 0 Å². The van der Waals surface area contributed by atoms with E-state index in [-0.39, 0.29) is 5.82 Å². The largest absolute Gasteiger partial charge is 0.494 e. The van der Waals surface area contributed by atoms with Crippen LogP contribution < -0.4 is 4.74 Å². The van der Waals surface area contributed by atoms with Gasteiger partial charge in [0.15, 0.2) is 11.6 Å². The molecule has 0 aliphatic rings. The van der Waals surface area contributed by atoms with Gasteiger partial charge in [-0.1, -0.05) is 35.8 Å². The standard InChI is InChI=1S/C13H18BrFO/c1-9(6-10(2)14)7-11-4-5-13(16-3)12(15)8-11/h4-5,8-10H,6-7H2,1-3H3. The Kier molecular flexibility index (Phi) is 5.26. The van der Waals surface area contributed by atoms with Crippen LogP contribution >= 0.6 is 15.9 Å². The number of halogens is 2. The number of benzene rings is 1. The van der Waals surface area contributed by atoms with E-state index in [1.54, 1.807) is 12.1 Å². The smallest absolute Gasteiger partial charge is 0.165 e. The monoisotopic (exact) mass is 288 g/mol. The van der Waals surface area contributed by atoms with Crippen LogP contribution in [0.25, 0.3) is 0 Å². The number of alkyl halides is 1. The first kappa shape index (κ1) is 13.5. The van der Waals surface area contributed by atoms with Crippen molar-refractivity contribution in [2.24, 2.45) is 5.92 Å². The molecule has 2 unspecified atom stereocenters. The van der Waals surface area contributed by atoms with E-state index >= 15 is 0 Å². The summed E-state index contributed by atoms with van der Waals surface area (Å²) >= 11 is 3.53. The van der Waals surface area contributed by atoms with Crippen molar-refractivity contribution in [3.8, 4) is 5.75 Å². The number of methoxy groups -OCH3 is 1. The van der Waals surface area contributed by atoms with Gasteiger partial charge in [-0.05, 0) is 36.5 Å². The second kappa shape index (κ2) is 6.24. The van der Waals surface area contributed by atoms with Crippen LogP contribution in [0.1, 0.15) is 25.8 Å². The lowest BCUT2D eigenvalue weighted by Gasteiger charge is -2.13. The highest BCUT2D eigenvalue weighted by molar-refractivity contribution is 9.09. The number of hydrogen-bond acceptors (Lipinski definition) is 1. The first-order valence-electron chi connectivity index (χ1n) is 5.49. The summed E-state index contributed by atoms with van der Waals surface area (Å²) in [6.45, 7) is 4.31. The Hall–Kier alpha value is -0.570. The molecule has 2 atom stereocenters. The maximum Gasteiger partial charge on any atom is 0.165 e. The summed E-state index contributed by atoms with van der Waals surface area (Å²) in [6.07, 6.45) is 1.99. The molecule has 1 aromatic carbocycles. The molecule has 1 nitrogen and oxygen atoms in total. The highest BCUT2D eigenvalue weighted by Gasteiger charge is 2.09. The van der Waals surface area contributed by atoms with E-state index in [0.29, 0.717) is 16.5 Å². The van der Waals surface area contributed by atoms with Gasteiger partial charge >= 0.3 is 0 Å². The molecule has 0 saturated heterocycles. The predicted molar refractivity (Wildman–Crippen MR) is 68.8 cm³/mol. The van der Waals surface area contributed by atoms with Crippen molar-refractivity contribution < 1.29 is 9.13 Å². The molecule has 0 amide bonds. The van der Waals surface area contributed by atoms with Crippen molar-refractivity contribution in [1.82, 2.24) is 0 Å². The lowest BCUT2D eigenvalue weighted by Crippen LogP contribution is -2.05. The average Bonchev–Trinajstić information content (AvgIpc) is 2.16. The second-order valence-electron chi connectivity index (χ2n) is 4.29. The minimum absolute atomic E-state index is 0.279. The highest BCUT2D eigenvalue weighted by Crippen LogP contribution is 2.22. The van der Waals surface area contributed by atoms with Crippen LogP contribution in [0.2, 0.25) is 0 Å². The third-order valence-electron chi connectivity index (χ3n) is 2.53. The molecule has 0 spiro atoms. The van der Waals surface area contributed by atoms with Gasteiger partial charge in [0.05, 0.1) is 7.11 Å². The zero-order valence-electron chi connectivity index (χ0n) is 9.97. The third kappa shape index (κ3) is 4.12. The molecule has 1 rings (SSSR count). The van der Waals surface area contributed by atoms with E-state index in [1.165, 1.54) is 7.11 Å². The molecular weight excluding hydrogens is 271 g/mol. The Balaban J connectivity index is 2.64. The molecule has 0 heterocycles. The highest BCUT2D eigenvalue weighted by atomic mass is 79.9. The second-order valence-corrected chi connectivity index (χ2v) is 5.86. The molecule has 0 radical (unpaired) electrons. The van der Waals surface area contributed by atoms with Gasteiger partial charge in [-0.3, -0.25) is 0 Å². The van der Waals surface area contributed by atoms with Crippen LogP contribution in [0.4, 0.5) is 4.39 Å². The van der Waals surface area contributed by atoms with E-state index < -0.39 is 0 Å². The minimum atomic E-state index is -0.279. The van der Waals surface area contributed by atoms with Crippen LogP contribution in [0.5, 0.6) is 5.75 Å². The van der Waals surface area contributed by atoms with Gasteiger partial charge in [-0.25, -0.2) is 4.39 Å². The van der Waals surface area contributed by atoms with Crippen LogP contribution in [0.3, 0.4) is 0 Å². The molecular formula is C13H18BrFO. The zero-order chi connectivity index (χ0) is 12.1. The topological polar surface area (TPSA) is 9.23 Å². The van der Waals surface area contributed by atoms with Crippen LogP contribution in [-0.2, 0) is 6.42 Å². The maximum absolute atomic E-state index is 13.4. The SMILES string of the molecule is COc1ccc(CC(C)CC(C)Br)cc1F. The van der Waals surface area contributed by atoms with E-state index in [2.05, 4.69) is 29.8 Å². The molecule has 90 valence electrons. The van der Waals surface area contributed by atoms with Gasteiger partial charge in [-0.15, -0.1) is 0 Å². The van der Waals surface area contributed by atoms with Gasteiger partial charge in [0, 0.05) is 4.83 Å².